The van der Waals surface area contributed by atoms with E-state index in [0.29, 0.717) is 12.0 Å². The van der Waals surface area contributed by atoms with Crippen LogP contribution in [0.25, 0.3) is 0 Å². The highest BCUT2D eigenvalue weighted by molar-refractivity contribution is 6.07. The number of rotatable bonds is 4. The summed E-state index contributed by atoms with van der Waals surface area (Å²) in [6, 6.07) is 15.9. The van der Waals surface area contributed by atoms with Gasteiger partial charge in [-0.2, -0.15) is 0 Å². The monoisotopic (exact) mass is 391 g/mol. The number of imide groups is 1. The molecule has 2 aromatic carbocycles. The lowest BCUT2D eigenvalue weighted by atomic mass is 9.73. The van der Waals surface area contributed by atoms with Gasteiger partial charge >= 0.3 is 6.03 Å². The standard InChI is InChI=1S/C23H25N3O3/c1-16-7-5-6-14-23(16)21(28)26(22(29)25-23)15-17-10-12-18(13-11-17)20(27)24-19-8-3-2-4-9-19/h2-4,8-13,16H,5-7,14-15H2,1H3,(H,24,27)(H,25,29)/t16-,23+/m1/s1. The maximum Gasteiger partial charge on any atom is 0.325 e. The van der Waals surface area contributed by atoms with Gasteiger partial charge in [0.1, 0.15) is 5.54 Å². The molecule has 2 aliphatic rings. The Bertz CT molecular complexity index is 926. The molecule has 1 aliphatic heterocycles. The van der Waals surface area contributed by atoms with E-state index in [1.54, 1.807) is 24.3 Å². The molecule has 2 N–H and O–H groups in total. The van der Waals surface area contributed by atoms with E-state index in [4.69, 9.17) is 0 Å². The number of nitrogens with one attached hydrogen (secondary N) is 2. The number of benzene rings is 2. The second-order valence-corrected chi connectivity index (χ2v) is 7.96. The van der Waals surface area contributed by atoms with Crippen LogP contribution in [0.3, 0.4) is 0 Å². The Kier molecular flexibility index (Phi) is 5.09. The summed E-state index contributed by atoms with van der Waals surface area (Å²) >= 11 is 0. The van der Waals surface area contributed by atoms with Crippen molar-refractivity contribution in [2.75, 3.05) is 5.32 Å². The van der Waals surface area contributed by atoms with Crippen LogP contribution in [0.5, 0.6) is 0 Å². The summed E-state index contributed by atoms with van der Waals surface area (Å²) in [4.78, 5) is 39.3. The minimum absolute atomic E-state index is 0.124. The number of para-hydroxylation sites is 1. The van der Waals surface area contributed by atoms with Crippen molar-refractivity contribution in [2.24, 2.45) is 5.92 Å². The number of anilines is 1. The molecule has 1 spiro atoms. The SMILES string of the molecule is C[C@@H]1CCCC[C@]12NC(=O)N(Cc1ccc(C(=O)Nc3ccccc3)cc1)C2=O. The van der Waals surface area contributed by atoms with Crippen LogP contribution >= 0.6 is 0 Å². The van der Waals surface area contributed by atoms with E-state index in [9.17, 15) is 14.4 Å². The number of hydrogen-bond donors (Lipinski definition) is 2. The van der Waals surface area contributed by atoms with E-state index in [1.807, 2.05) is 37.3 Å². The molecular formula is C23H25N3O3. The van der Waals surface area contributed by atoms with Gasteiger partial charge in [-0.15, -0.1) is 0 Å². The molecule has 150 valence electrons. The van der Waals surface area contributed by atoms with Crippen molar-refractivity contribution < 1.29 is 14.4 Å². The smallest absolute Gasteiger partial charge is 0.323 e. The second kappa shape index (κ2) is 7.70. The zero-order valence-electron chi connectivity index (χ0n) is 16.5. The number of amides is 4. The van der Waals surface area contributed by atoms with Crippen LogP contribution in [0, 0.1) is 5.92 Å². The molecule has 29 heavy (non-hydrogen) atoms. The largest absolute Gasteiger partial charge is 0.325 e. The third-order valence-electron chi connectivity index (χ3n) is 6.09. The fourth-order valence-electron chi connectivity index (χ4n) is 4.31. The lowest BCUT2D eigenvalue weighted by Gasteiger charge is -2.36. The summed E-state index contributed by atoms with van der Waals surface area (Å²) in [6.07, 6.45) is 3.70. The quantitative estimate of drug-likeness (QED) is 0.775. The molecule has 2 atom stereocenters. The summed E-state index contributed by atoms with van der Waals surface area (Å²) in [7, 11) is 0. The van der Waals surface area contributed by atoms with Gasteiger partial charge in [0.25, 0.3) is 11.8 Å². The number of urea groups is 1. The van der Waals surface area contributed by atoms with E-state index in [-0.39, 0.29) is 30.3 Å². The summed E-state index contributed by atoms with van der Waals surface area (Å²) in [6.45, 7) is 2.25. The summed E-state index contributed by atoms with van der Waals surface area (Å²) in [5.74, 6) is -0.185. The molecule has 4 amide bonds. The summed E-state index contributed by atoms with van der Waals surface area (Å²) in [5, 5.41) is 5.81. The van der Waals surface area contributed by atoms with Gasteiger partial charge in [0.15, 0.2) is 0 Å². The minimum Gasteiger partial charge on any atom is -0.323 e. The highest BCUT2D eigenvalue weighted by atomic mass is 16.2. The van der Waals surface area contributed by atoms with Gasteiger partial charge in [0.05, 0.1) is 6.54 Å². The lowest BCUT2D eigenvalue weighted by molar-refractivity contribution is -0.134. The van der Waals surface area contributed by atoms with E-state index < -0.39 is 5.54 Å². The Morgan fingerprint density at radius 1 is 1.10 bits per heavy atom. The van der Waals surface area contributed by atoms with Crippen LogP contribution < -0.4 is 10.6 Å². The Morgan fingerprint density at radius 2 is 1.83 bits per heavy atom. The number of carbonyl (C=O) groups is 3. The van der Waals surface area contributed by atoms with Crippen LogP contribution in [0.15, 0.2) is 54.6 Å². The molecule has 2 fully saturated rings. The first-order valence-corrected chi connectivity index (χ1v) is 10.1. The van der Waals surface area contributed by atoms with E-state index in [1.165, 1.54) is 4.90 Å². The van der Waals surface area contributed by atoms with E-state index in [0.717, 1.165) is 30.5 Å². The van der Waals surface area contributed by atoms with Gasteiger partial charge in [-0.05, 0) is 48.6 Å². The molecule has 0 bridgehead atoms. The molecule has 6 nitrogen and oxygen atoms in total. The number of carbonyl (C=O) groups excluding carboxylic acids is 3. The van der Waals surface area contributed by atoms with Crippen molar-refractivity contribution in [2.45, 2.75) is 44.7 Å². The molecule has 1 saturated carbocycles. The summed E-state index contributed by atoms with van der Waals surface area (Å²) in [5.41, 5.74) is 1.32. The van der Waals surface area contributed by atoms with Crippen LogP contribution in [-0.4, -0.2) is 28.3 Å². The maximum atomic E-state index is 13.1. The van der Waals surface area contributed by atoms with Crippen LogP contribution in [0.1, 0.15) is 48.5 Å². The van der Waals surface area contributed by atoms with E-state index >= 15 is 0 Å². The maximum absolute atomic E-state index is 13.1. The Labute approximate surface area is 170 Å². The van der Waals surface area contributed by atoms with Gasteiger partial charge < -0.3 is 10.6 Å². The van der Waals surface area contributed by atoms with Gasteiger partial charge in [0.2, 0.25) is 0 Å². The molecule has 0 aromatic heterocycles. The minimum atomic E-state index is -0.745. The normalized spacial score (nSPS) is 23.9. The van der Waals surface area contributed by atoms with E-state index in [2.05, 4.69) is 10.6 Å². The third-order valence-corrected chi connectivity index (χ3v) is 6.09. The van der Waals surface area contributed by atoms with Crippen LogP contribution in [0.4, 0.5) is 10.5 Å². The molecule has 6 heteroatoms. The highest BCUT2D eigenvalue weighted by Crippen LogP contribution is 2.38. The van der Waals surface area contributed by atoms with Gasteiger partial charge in [-0.1, -0.05) is 50.1 Å². The fraction of sp³-hybridized carbons (Fsp3) is 0.348. The molecule has 4 rings (SSSR count). The molecule has 1 heterocycles. The predicted molar refractivity (Wildman–Crippen MR) is 110 cm³/mol. The van der Waals surface area contributed by atoms with Crippen LogP contribution in [0.2, 0.25) is 0 Å². The van der Waals surface area contributed by atoms with Crippen molar-refractivity contribution in [3.8, 4) is 0 Å². The van der Waals surface area contributed by atoms with Crippen molar-refractivity contribution in [1.29, 1.82) is 0 Å². The molecule has 1 aliphatic carbocycles. The van der Waals surface area contributed by atoms with Crippen molar-refractivity contribution in [3.05, 3.63) is 65.7 Å². The number of hydrogen-bond acceptors (Lipinski definition) is 3. The first-order valence-electron chi connectivity index (χ1n) is 10.1. The Hall–Kier alpha value is -3.15. The topological polar surface area (TPSA) is 78.5 Å². The first kappa shape index (κ1) is 19.2. The van der Waals surface area contributed by atoms with Crippen molar-refractivity contribution in [3.63, 3.8) is 0 Å². The van der Waals surface area contributed by atoms with Crippen LogP contribution in [-0.2, 0) is 11.3 Å². The highest BCUT2D eigenvalue weighted by Gasteiger charge is 2.54. The molecule has 0 radical (unpaired) electrons. The first-order chi connectivity index (χ1) is 14.0. The van der Waals surface area contributed by atoms with Gasteiger partial charge in [0, 0.05) is 11.3 Å². The second-order valence-electron chi connectivity index (χ2n) is 7.96. The predicted octanol–water partition coefficient (Wildman–Crippen LogP) is 3.94. The zero-order valence-corrected chi connectivity index (χ0v) is 16.5. The molecule has 1 saturated heterocycles. The van der Waals surface area contributed by atoms with Crippen molar-refractivity contribution >= 4 is 23.5 Å². The Morgan fingerprint density at radius 3 is 2.52 bits per heavy atom. The average Bonchev–Trinajstić information content (AvgIpc) is 2.96. The van der Waals surface area contributed by atoms with Gasteiger partial charge in [-0.3, -0.25) is 14.5 Å². The fourth-order valence-corrected chi connectivity index (χ4v) is 4.31. The van der Waals surface area contributed by atoms with Crippen molar-refractivity contribution in [1.82, 2.24) is 10.2 Å². The molecule has 0 unspecified atom stereocenters. The number of nitrogens with zero attached hydrogens (tertiary/aromatic N) is 1. The lowest BCUT2D eigenvalue weighted by Crippen LogP contribution is -2.53. The summed E-state index contributed by atoms with van der Waals surface area (Å²) < 4.78 is 0. The molecular weight excluding hydrogens is 366 g/mol. The zero-order chi connectivity index (χ0) is 20.4. The molecule has 2 aromatic rings. The van der Waals surface area contributed by atoms with Gasteiger partial charge in [-0.25, -0.2) is 4.79 Å². The average molecular weight is 391 g/mol. The third kappa shape index (κ3) is 3.62. The Balaban J connectivity index is 1.44.